The Morgan fingerprint density at radius 3 is 2.58 bits per heavy atom. The molecule has 0 saturated carbocycles. The Morgan fingerprint density at radius 2 is 2.00 bits per heavy atom. The van der Waals surface area contributed by atoms with E-state index in [-0.39, 0.29) is 32.6 Å². The fraction of sp³-hybridized carbons (Fsp3) is 0.412. The molecule has 0 saturated heterocycles. The molecule has 0 bridgehead atoms. The molecular formula is C17H23NO5S. The second kappa shape index (κ2) is 9.22. The van der Waals surface area contributed by atoms with Crippen molar-refractivity contribution < 1.29 is 23.8 Å². The first-order chi connectivity index (χ1) is 11.2. The number of rotatable bonds is 6. The number of benzene rings is 1. The van der Waals surface area contributed by atoms with Crippen LogP contribution >= 0.6 is 13.5 Å². The summed E-state index contributed by atoms with van der Waals surface area (Å²) in [4.78, 5) is 24.9. The van der Waals surface area contributed by atoms with E-state index < -0.39 is 6.09 Å². The number of methoxy groups -OCH3 is 2. The molecule has 0 N–H and O–H groups in total. The van der Waals surface area contributed by atoms with Gasteiger partial charge >= 0.3 is 6.09 Å². The summed E-state index contributed by atoms with van der Waals surface area (Å²) >= 11 is 0. The maximum Gasteiger partial charge on any atom is 0.410 e. The van der Waals surface area contributed by atoms with Crippen LogP contribution in [0.2, 0.25) is 0 Å². The van der Waals surface area contributed by atoms with E-state index in [0.29, 0.717) is 24.5 Å². The van der Waals surface area contributed by atoms with Crippen molar-refractivity contribution >= 4 is 25.9 Å². The van der Waals surface area contributed by atoms with Crippen LogP contribution in [0.15, 0.2) is 24.8 Å². The van der Waals surface area contributed by atoms with E-state index in [9.17, 15) is 9.59 Å². The van der Waals surface area contributed by atoms with Crippen molar-refractivity contribution in [3.63, 3.8) is 0 Å². The monoisotopic (exact) mass is 353 g/mol. The van der Waals surface area contributed by atoms with Crippen LogP contribution < -0.4 is 9.47 Å². The molecule has 1 aliphatic rings. The third kappa shape index (κ3) is 4.03. The second-order valence-corrected chi connectivity index (χ2v) is 5.13. The molecule has 0 radical (unpaired) electrons. The van der Waals surface area contributed by atoms with Gasteiger partial charge in [0.25, 0.3) is 0 Å². The van der Waals surface area contributed by atoms with Crippen molar-refractivity contribution in [2.75, 3.05) is 27.4 Å². The number of fused-ring (bicyclic) bond motifs is 1. The molecule has 1 amide bonds. The van der Waals surface area contributed by atoms with E-state index in [2.05, 4.69) is 6.58 Å². The van der Waals surface area contributed by atoms with Gasteiger partial charge in [-0.2, -0.15) is 13.5 Å². The van der Waals surface area contributed by atoms with Crippen LogP contribution in [0, 0.1) is 0 Å². The summed E-state index contributed by atoms with van der Waals surface area (Å²) in [5.41, 5.74) is 1.93. The fourth-order valence-electron chi connectivity index (χ4n) is 2.81. The number of hydrogen-bond donors (Lipinski definition) is 0. The minimum atomic E-state index is -0.447. The number of carbonyl (C=O) groups excluding carboxylic acids is 2. The maximum atomic E-state index is 12.2. The van der Waals surface area contributed by atoms with Crippen molar-refractivity contribution in [3.05, 3.63) is 35.9 Å². The zero-order chi connectivity index (χ0) is 16.8. The van der Waals surface area contributed by atoms with Gasteiger partial charge in [-0.05, 0) is 29.7 Å². The van der Waals surface area contributed by atoms with E-state index in [1.54, 1.807) is 19.1 Å². The van der Waals surface area contributed by atoms with Gasteiger partial charge in [-0.25, -0.2) is 4.79 Å². The molecule has 1 atom stereocenters. The maximum absolute atomic E-state index is 12.2. The Balaban J connectivity index is 0.00000288. The predicted octanol–water partition coefficient (Wildman–Crippen LogP) is 2.63. The first-order valence-electron chi connectivity index (χ1n) is 7.39. The quantitative estimate of drug-likeness (QED) is 0.581. The van der Waals surface area contributed by atoms with Gasteiger partial charge in [0.1, 0.15) is 12.9 Å². The lowest BCUT2D eigenvalue weighted by Gasteiger charge is -2.36. The third-order valence-electron chi connectivity index (χ3n) is 3.88. The summed E-state index contributed by atoms with van der Waals surface area (Å²) in [5.74, 6) is 1.21. The third-order valence-corrected chi connectivity index (χ3v) is 3.88. The molecule has 1 aliphatic heterocycles. The van der Waals surface area contributed by atoms with Crippen LogP contribution in [0.5, 0.6) is 11.5 Å². The summed E-state index contributed by atoms with van der Waals surface area (Å²) in [5, 5.41) is 0. The number of aldehydes is 1. The zero-order valence-corrected chi connectivity index (χ0v) is 14.9. The van der Waals surface area contributed by atoms with Crippen LogP contribution in [-0.4, -0.2) is 44.7 Å². The van der Waals surface area contributed by atoms with Crippen LogP contribution in [0.3, 0.4) is 0 Å². The van der Waals surface area contributed by atoms with E-state index in [1.807, 2.05) is 12.1 Å². The van der Waals surface area contributed by atoms with Gasteiger partial charge in [0, 0.05) is 13.0 Å². The predicted molar refractivity (Wildman–Crippen MR) is 95.3 cm³/mol. The molecule has 1 aromatic rings. The molecule has 1 aromatic carbocycles. The molecular weight excluding hydrogens is 330 g/mol. The average Bonchev–Trinajstić information content (AvgIpc) is 2.58. The lowest BCUT2D eigenvalue weighted by Crippen LogP contribution is -2.40. The van der Waals surface area contributed by atoms with Crippen molar-refractivity contribution in [3.8, 4) is 11.5 Å². The van der Waals surface area contributed by atoms with Crippen LogP contribution in [-0.2, 0) is 16.0 Å². The molecule has 6 nitrogen and oxygen atoms in total. The average molecular weight is 353 g/mol. The van der Waals surface area contributed by atoms with Gasteiger partial charge in [-0.3, -0.25) is 0 Å². The molecule has 0 aromatic heterocycles. The highest BCUT2D eigenvalue weighted by Crippen LogP contribution is 2.39. The molecule has 0 aliphatic carbocycles. The van der Waals surface area contributed by atoms with Crippen molar-refractivity contribution in [2.45, 2.75) is 18.9 Å². The largest absolute Gasteiger partial charge is 0.493 e. The Hall–Kier alpha value is -2.15. The summed E-state index contributed by atoms with van der Waals surface area (Å²) in [7, 11) is 3.13. The SMILES string of the molecule is C=CCOC(=O)N1CCc2cc(OC)c(OC)cc2[C@@H]1CC=O.S. The molecule has 0 fully saturated rings. The topological polar surface area (TPSA) is 65.1 Å². The van der Waals surface area contributed by atoms with E-state index >= 15 is 0 Å². The fourth-order valence-corrected chi connectivity index (χ4v) is 2.81. The standard InChI is InChI=1S/C17H21NO5.H2S/c1-4-9-23-17(20)18-7-5-12-10-15(21-2)16(22-3)11-13(12)14(18)6-8-19;/h4,8,10-11,14H,1,5-7,9H2,2-3H3;1H2/t14-;/m0./s1. The lowest BCUT2D eigenvalue weighted by atomic mass is 9.90. The van der Waals surface area contributed by atoms with E-state index in [1.165, 1.54) is 6.08 Å². The van der Waals surface area contributed by atoms with Gasteiger partial charge in [0.15, 0.2) is 11.5 Å². The molecule has 1 heterocycles. The molecule has 0 spiro atoms. The number of amides is 1. The first-order valence-corrected chi connectivity index (χ1v) is 7.39. The lowest BCUT2D eigenvalue weighted by molar-refractivity contribution is -0.108. The number of hydrogen-bond acceptors (Lipinski definition) is 5. The second-order valence-electron chi connectivity index (χ2n) is 5.13. The molecule has 24 heavy (non-hydrogen) atoms. The van der Waals surface area contributed by atoms with Gasteiger partial charge in [-0.15, -0.1) is 0 Å². The van der Waals surface area contributed by atoms with Crippen molar-refractivity contribution in [1.29, 1.82) is 0 Å². The highest BCUT2D eigenvalue weighted by Gasteiger charge is 2.32. The number of ether oxygens (including phenoxy) is 3. The molecule has 132 valence electrons. The Morgan fingerprint density at radius 1 is 1.33 bits per heavy atom. The minimum absolute atomic E-state index is 0. The minimum Gasteiger partial charge on any atom is -0.493 e. The van der Waals surface area contributed by atoms with E-state index in [0.717, 1.165) is 17.4 Å². The number of carbonyl (C=O) groups is 2. The Kier molecular flexibility index (Phi) is 7.64. The first kappa shape index (κ1) is 19.9. The molecule has 0 unspecified atom stereocenters. The summed E-state index contributed by atoms with van der Waals surface area (Å²) in [6, 6.07) is 3.36. The summed E-state index contributed by atoms with van der Waals surface area (Å²) in [6.07, 6.45) is 2.74. The van der Waals surface area contributed by atoms with E-state index in [4.69, 9.17) is 14.2 Å². The normalized spacial score (nSPS) is 15.6. The smallest absolute Gasteiger partial charge is 0.410 e. The van der Waals surface area contributed by atoms with Gasteiger partial charge < -0.3 is 23.9 Å². The van der Waals surface area contributed by atoms with Crippen LogP contribution in [0.4, 0.5) is 4.79 Å². The Labute approximate surface area is 148 Å². The van der Waals surface area contributed by atoms with Crippen LogP contribution in [0.1, 0.15) is 23.6 Å². The van der Waals surface area contributed by atoms with Gasteiger partial charge in [0.05, 0.1) is 20.3 Å². The summed E-state index contributed by atoms with van der Waals surface area (Å²) in [6.45, 7) is 4.15. The number of nitrogens with zero attached hydrogens (tertiary/aromatic N) is 1. The highest BCUT2D eigenvalue weighted by molar-refractivity contribution is 7.59. The zero-order valence-electron chi connectivity index (χ0n) is 13.9. The van der Waals surface area contributed by atoms with Crippen molar-refractivity contribution in [1.82, 2.24) is 4.90 Å². The van der Waals surface area contributed by atoms with Gasteiger partial charge in [-0.1, -0.05) is 12.7 Å². The summed E-state index contributed by atoms with van der Waals surface area (Å²) < 4.78 is 15.8. The molecule has 2 rings (SSSR count). The highest BCUT2D eigenvalue weighted by atomic mass is 32.1. The Bertz CT molecular complexity index is 605. The van der Waals surface area contributed by atoms with Crippen LogP contribution in [0.25, 0.3) is 0 Å². The molecule has 7 heteroatoms. The van der Waals surface area contributed by atoms with Crippen molar-refractivity contribution in [2.24, 2.45) is 0 Å². The van der Waals surface area contributed by atoms with Gasteiger partial charge in [0.2, 0.25) is 0 Å².